The number of carbonyl (C=O) groups excluding carboxylic acids is 2. The molecule has 1 atom stereocenters. The molecule has 154 valence electrons. The zero-order valence-corrected chi connectivity index (χ0v) is 17.4. The molecule has 0 saturated heterocycles. The molecular formula is C22H31NO5. The number of ether oxygens (including phenoxy) is 2. The standard InChI is InChI=1S/C22H31NO5/c1-6-27-17-9-7-8-16(13-17)20-19(18(24)12-14(2)3)21(25)22(26)23(20)10-11-28-15(4)5/h7-9,13-15,20,25H,6,10-12H2,1-5H3. The van der Waals surface area contributed by atoms with Gasteiger partial charge in [0.25, 0.3) is 5.91 Å². The Morgan fingerprint density at radius 2 is 1.96 bits per heavy atom. The smallest absolute Gasteiger partial charge is 0.290 e. The molecule has 1 aliphatic rings. The van der Waals surface area contributed by atoms with E-state index in [4.69, 9.17) is 9.47 Å². The van der Waals surface area contributed by atoms with Crippen LogP contribution in [0.5, 0.6) is 5.75 Å². The van der Waals surface area contributed by atoms with Crippen molar-refractivity contribution in [3.05, 3.63) is 41.2 Å². The monoisotopic (exact) mass is 389 g/mol. The molecule has 1 aliphatic heterocycles. The van der Waals surface area contributed by atoms with Gasteiger partial charge in [-0.05, 0) is 44.4 Å². The third-order valence-electron chi connectivity index (χ3n) is 4.47. The fourth-order valence-corrected chi connectivity index (χ4v) is 3.32. The van der Waals surface area contributed by atoms with Gasteiger partial charge in [-0.1, -0.05) is 26.0 Å². The lowest BCUT2D eigenvalue weighted by Gasteiger charge is -2.27. The molecule has 0 bridgehead atoms. The van der Waals surface area contributed by atoms with Gasteiger partial charge in [-0.3, -0.25) is 9.59 Å². The average Bonchev–Trinajstić information content (AvgIpc) is 2.86. The maximum atomic E-state index is 12.9. The number of benzene rings is 1. The second-order valence-corrected chi connectivity index (χ2v) is 7.61. The molecule has 0 saturated carbocycles. The molecule has 1 N–H and O–H groups in total. The summed E-state index contributed by atoms with van der Waals surface area (Å²) >= 11 is 0. The van der Waals surface area contributed by atoms with Crippen LogP contribution < -0.4 is 4.74 Å². The van der Waals surface area contributed by atoms with Crippen molar-refractivity contribution in [3.63, 3.8) is 0 Å². The van der Waals surface area contributed by atoms with E-state index in [-0.39, 0.29) is 36.3 Å². The van der Waals surface area contributed by atoms with Crippen LogP contribution in [0.2, 0.25) is 0 Å². The van der Waals surface area contributed by atoms with Gasteiger partial charge < -0.3 is 19.5 Å². The lowest BCUT2D eigenvalue weighted by atomic mass is 9.92. The number of amides is 1. The Bertz CT molecular complexity index is 738. The van der Waals surface area contributed by atoms with Gasteiger partial charge in [0, 0.05) is 13.0 Å². The SMILES string of the molecule is CCOc1cccc(C2C(C(=O)CC(C)C)=C(O)C(=O)N2CCOC(C)C)c1. The zero-order valence-electron chi connectivity index (χ0n) is 17.4. The number of aliphatic hydroxyl groups excluding tert-OH is 1. The van der Waals surface area contributed by atoms with E-state index in [1.54, 1.807) is 0 Å². The predicted molar refractivity (Wildman–Crippen MR) is 107 cm³/mol. The van der Waals surface area contributed by atoms with Crippen molar-refractivity contribution in [1.29, 1.82) is 0 Å². The summed E-state index contributed by atoms with van der Waals surface area (Å²) in [4.78, 5) is 27.1. The summed E-state index contributed by atoms with van der Waals surface area (Å²) in [6, 6.07) is 6.68. The normalized spacial score (nSPS) is 17.2. The van der Waals surface area contributed by atoms with Crippen LogP contribution in [-0.4, -0.2) is 47.6 Å². The first kappa shape index (κ1) is 22.0. The number of rotatable bonds is 10. The van der Waals surface area contributed by atoms with Crippen molar-refractivity contribution < 1.29 is 24.2 Å². The summed E-state index contributed by atoms with van der Waals surface area (Å²) in [6.45, 7) is 10.7. The van der Waals surface area contributed by atoms with Crippen molar-refractivity contribution in [1.82, 2.24) is 4.90 Å². The van der Waals surface area contributed by atoms with E-state index in [9.17, 15) is 14.7 Å². The summed E-state index contributed by atoms with van der Waals surface area (Å²) in [5, 5.41) is 10.5. The van der Waals surface area contributed by atoms with Gasteiger partial charge in [-0.2, -0.15) is 0 Å². The van der Waals surface area contributed by atoms with Crippen LogP contribution in [0.3, 0.4) is 0 Å². The number of carbonyl (C=O) groups is 2. The number of hydrogen-bond donors (Lipinski definition) is 1. The third kappa shape index (κ3) is 5.13. The van der Waals surface area contributed by atoms with Crippen LogP contribution in [0.1, 0.15) is 52.6 Å². The van der Waals surface area contributed by atoms with E-state index >= 15 is 0 Å². The Morgan fingerprint density at radius 1 is 1.25 bits per heavy atom. The largest absolute Gasteiger partial charge is 0.503 e. The quantitative estimate of drug-likeness (QED) is 0.658. The minimum Gasteiger partial charge on any atom is -0.503 e. The second-order valence-electron chi connectivity index (χ2n) is 7.61. The van der Waals surface area contributed by atoms with Gasteiger partial charge in [0.05, 0.1) is 30.9 Å². The predicted octanol–water partition coefficient (Wildman–Crippen LogP) is 3.82. The van der Waals surface area contributed by atoms with E-state index in [0.717, 1.165) is 5.56 Å². The highest BCUT2D eigenvalue weighted by atomic mass is 16.5. The van der Waals surface area contributed by atoms with Crippen LogP contribution in [0.15, 0.2) is 35.6 Å². The molecule has 1 aromatic rings. The van der Waals surface area contributed by atoms with E-state index < -0.39 is 17.7 Å². The first-order valence-corrected chi connectivity index (χ1v) is 9.87. The van der Waals surface area contributed by atoms with Gasteiger partial charge >= 0.3 is 0 Å². The molecule has 2 rings (SSSR count). The molecule has 28 heavy (non-hydrogen) atoms. The Kier molecular flexibility index (Phi) is 7.63. The number of Topliss-reactive ketones (excluding diaryl/α,β-unsaturated/α-hetero) is 1. The van der Waals surface area contributed by atoms with Crippen LogP contribution in [0.4, 0.5) is 0 Å². The van der Waals surface area contributed by atoms with E-state index in [2.05, 4.69) is 0 Å². The minimum atomic E-state index is -0.644. The Hall–Kier alpha value is -2.34. The second kappa shape index (κ2) is 9.73. The highest BCUT2D eigenvalue weighted by Crippen LogP contribution is 2.39. The van der Waals surface area contributed by atoms with E-state index in [1.807, 2.05) is 58.9 Å². The molecule has 6 nitrogen and oxygen atoms in total. The number of ketones is 1. The van der Waals surface area contributed by atoms with Crippen molar-refractivity contribution in [2.45, 2.75) is 53.2 Å². The molecular weight excluding hydrogens is 358 g/mol. The molecule has 0 aliphatic carbocycles. The Balaban J connectivity index is 2.42. The van der Waals surface area contributed by atoms with Crippen LogP contribution in [0.25, 0.3) is 0 Å². The van der Waals surface area contributed by atoms with Gasteiger partial charge in [-0.15, -0.1) is 0 Å². The Morgan fingerprint density at radius 3 is 2.57 bits per heavy atom. The maximum absolute atomic E-state index is 12.9. The zero-order chi connectivity index (χ0) is 20.8. The van der Waals surface area contributed by atoms with Crippen molar-refractivity contribution in [2.75, 3.05) is 19.8 Å². The highest BCUT2D eigenvalue weighted by Gasteiger charge is 2.43. The highest BCUT2D eigenvalue weighted by molar-refractivity contribution is 6.09. The lowest BCUT2D eigenvalue weighted by Crippen LogP contribution is -2.34. The number of aliphatic hydroxyl groups is 1. The molecule has 0 aromatic heterocycles. The first-order valence-electron chi connectivity index (χ1n) is 9.87. The molecule has 0 fully saturated rings. The van der Waals surface area contributed by atoms with Crippen LogP contribution in [-0.2, 0) is 14.3 Å². The molecule has 1 unspecified atom stereocenters. The van der Waals surface area contributed by atoms with Crippen molar-refractivity contribution >= 4 is 11.7 Å². The van der Waals surface area contributed by atoms with E-state index in [0.29, 0.717) is 19.0 Å². The molecule has 1 aromatic carbocycles. The first-order chi connectivity index (χ1) is 13.3. The molecule has 1 amide bonds. The van der Waals surface area contributed by atoms with E-state index in [1.165, 1.54) is 4.90 Å². The van der Waals surface area contributed by atoms with Gasteiger partial charge in [0.15, 0.2) is 11.5 Å². The van der Waals surface area contributed by atoms with Crippen molar-refractivity contribution in [3.8, 4) is 5.75 Å². The molecule has 0 radical (unpaired) electrons. The molecule has 6 heteroatoms. The summed E-state index contributed by atoms with van der Waals surface area (Å²) in [7, 11) is 0. The summed E-state index contributed by atoms with van der Waals surface area (Å²) in [5.41, 5.74) is 0.900. The third-order valence-corrected chi connectivity index (χ3v) is 4.47. The number of hydrogen-bond acceptors (Lipinski definition) is 5. The van der Waals surface area contributed by atoms with Gasteiger partial charge in [0.2, 0.25) is 0 Å². The van der Waals surface area contributed by atoms with Gasteiger partial charge in [0.1, 0.15) is 5.75 Å². The molecule has 1 heterocycles. The molecule has 0 spiro atoms. The van der Waals surface area contributed by atoms with Crippen LogP contribution >= 0.6 is 0 Å². The Labute approximate surface area is 167 Å². The summed E-state index contributed by atoms with van der Waals surface area (Å²) in [6.07, 6.45) is 0.297. The van der Waals surface area contributed by atoms with Gasteiger partial charge in [-0.25, -0.2) is 0 Å². The van der Waals surface area contributed by atoms with Crippen LogP contribution in [0, 0.1) is 5.92 Å². The summed E-state index contributed by atoms with van der Waals surface area (Å²) < 4.78 is 11.2. The lowest BCUT2D eigenvalue weighted by molar-refractivity contribution is -0.130. The fourth-order valence-electron chi connectivity index (χ4n) is 3.32. The van der Waals surface area contributed by atoms with Crippen molar-refractivity contribution in [2.24, 2.45) is 5.92 Å². The fraction of sp³-hybridized carbons (Fsp3) is 0.545. The summed E-state index contributed by atoms with van der Waals surface area (Å²) in [5.74, 6) is -0.419. The maximum Gasteiger partial charge on any atom is 0.290 e. The number of nitrogens with zero attached hydrogens (tertiary/aromatic N) is 1. The topological polar surface area (TPSA) is 76.1 Å². The minimum absolute atomic E-state index is 0.0287. The average molecular weight is 389 g/mol.